The maximum absolute atomic E-state index is 12.6. The molecule has 7 heteroatoms. The molecule has 0 aliphatic heterocycles. The molecule has 0 saturated carbocycles. The fourth-order valence-corrected chi connectivity index (χ4v) is 2.90. The number of hydrogen-bond acceptors (Lipinski definition) is 6. The van der Waals surface area contributed by atoms with E-state index in [1.165, 1.54) is 0 Å². The molecule has 0 saturated heterocycles. The summed E-state index contributed by atoms with van der Waals surface area (Å²) in [6, 6.07) is 13.2. The number of hydrogen-bond donors (Lipinski definition) is 1. The second kappa shape index (κ2) is 9.23. The summed E-state index contributed by atoms with van der Waals surface area (Å²) in [7, 11) is 5.86. The molecule has 1 amide bonds. The number of anilines is 1. The van der Waals surface area contributed by atoms with Gasteiger partial charge < -0.3 is 15.1 Å². The smallest absolute Gasteiger partial charge is 0.272 e. The molecule has 0 bridgehead atoms. The van der Waals surface area contributed by atoms with Crippen LogP contribution in [0.5, 0.6) is 0 Å². The first-order chi connectivity index (χ1) is 13.5. The highest BCUT2D eigenvalue weighted by molar-refractivity contribution is 5.92. The Balaban J connectivity index is 1.78. The second-order valence-electron chi connectivity index (χ2n) is 6.97. The molecule has 0 radical (unpaired) electrons. The number of fused-ring (bicyclic) bond motifs is 1. The van der Waals surface area contributed by atoms with Crippen molar-refractivity contribution in [2.45, 2.75) is 13.0 Å². The summed E-state index contributed by atoms with van der Waals surface area (Å²) in [5.41, 5.74) is 1.27. The number of pyridine rings is 1. The average Bonchev–Trinajstić information content (AvgIpc) is 2.71. The van der Waals surface area contributed by atoms with Gasteiger partial charge in [-0.25, -0.2) is 9.97 Å². The zero-order valence-electron chi connectivity index (χ0n) is 16.6. The van der Waals surface area contributed by atoms with Crippen LogP contribution < -0.4 is 5.32 Å². The van der Waals surface area contributed by atoms with Crippen molar-refractivity contribution in [3.05, 3.63) is 60.2 Å². The third kappa shape index (κ3) is 5.01. The predicted molar refractivity (Wildman–Crippen MR) is 111 cm³/mol. The zero-order valence-corrected chi connectivity index (χ0v) is 16.6. The summed E-state index contributed by atoms with van der Waals surface area (Å²) < 4.78 is 0. The van der Waals surface area contributed by atoms with E-state index in [9.17, 15) is 4.79 Å². The first-order valence-electron chi connectivity index (χ1n) is 9.35. The van der Waals surface area contributed by atoms with Gasteiger partial charge >= 0.3 is 0 Å². The Morgan fingerprint density at radius 2 is 1.82 bits per heavy atom. The maximum atomic E-state index is 12.6. The van der Waals surface area contributed by atoms with Gasteiger partial charge in [0.1, 0.15) is 11.5 Å². The summed E-state index contributed by atoms with van der Waals surface area (Å²) in [4.78, 5) is 29.7. The van der Waals surface area contributed by atoms with Crippen LogP contribution in [0, 0.1) is 0 Å². The van der Waals surface area contributed by atoms with E-state index in [1.807, 2.05) is 24.3 Å². The summed E-state index contributed by atoms with van der Waals surface area (Å²) >= 11 is 0. The van der Waals surface area contributed by atoms with Crippen LogP contribution in [-0.2, 0) is 6.54 Å². The zero-order chi connectivity index (χ0) is 19.9. The molecule has 28 heavy (non-hydrogen) atoms. The molecule has 3 rings (SSSR count). The molecule has 0 atom stereocenters. The van der Waals surface area contributed by atoms with E-state index in [0.717, 1.165) is 36.2 Å². The molecule has 0 aliphatic carbocycles. The van der Waals surface area contributed by atoms with Gasteiger partial charge in [-0.05, 0) is 51.3 Å². The van der Waals surface area contributed by atoms with Crippen molar-refractivity contribution in [2.75, 3.05) is 39.5 Å². The van der Waals surface area contributed by atoms with E-state index in [0.29, 0.717) is 18.1 Å². The van der Waals surface area contributed by atoms with Gasteiger partial charge in [0, 0.05) is 25.2 Å². The SMILES string of the molecule is CN(C)CCCNc1nc(CN(C)C(=O)c2ccccn2)nc2ccccc12. The van der Waals surface area contributed by atoms with Crippen molar-refractivity contribution in [3.63, 3.8) is 0 Å². The number of para-hydroxylation sites is 1. The van der Waals surface area contributed by atoms with Crippen molar-refractivity contribution >= 4 is 22.6 Å². The van der Waals surface area contributed by atoms with Crippen molar-refractivity contribution in [1.29, 1.82) is 0 Å². The fraction of sp³-hybridized carbons (Fsp3) is 0.333. The first-order valence-corrected chi connectivity index (χ1v) is 9.35. The first kappa shape index (κ1) is 19.7. The van der Waals surface area contributed by atoms with E-state index in [4.69, 9.17) is 0 Å². The lowest BCUT2D eigenvalue weighted by Gasteiger charge is -2.17. The Bertz CT molecular complexity index is 929. The molecule has 146 valence electrons. The van der Waals surface area contributed by atoms with E-state index in [1.54, 1.807) is 36.3 Å². The molecular formula is C21H26N6O. The molecule has 0 aliphatic rings. The van der Waals surface area contributed by atoms with E-state index >= 15 is 0 Å². The highest BCUT2D eigenvalue weighted by atomic mass is 16.2. The Kier molecular flexibility index (Phi) is 6.49. The minimum absolute atomic E-state index is 0.155. The quantitative estimate of drug-likeness (QED) is 0.608. The lowest BCUT2D eigenvalue weighted by atomic mass is 10.2. The number of nitrogens with zero attached hydrogens (tertiary/aromatic N) is 5. The van der Waals surface area contributed by atoms with Crippen molar-refractivity contribution < 1.29 is 4.79 Å². The molecule has 0 unspecified atom stereocenters. The standard InChI is InChI=1S/C21H26N6O/c1-26(2)14-8-13-23-20-16-9-4-5-10-17(16)24-19(25-20)15-27(3)21(28)18-11-6-7-12-22-18/h4-7,9-12H,8,13-15H2,1-3H3,(H,23,24,25). The van der Waals surface area contributed by atoms with Gasteiger partial charge in [-0.2, -0.15) is 0 Å². The van der Waals surface area contributed by atoms with Crippen LogP contribution in [0.1, 0.15) is 22.7 Å². The third-order valence-corrected chi connectivity index (χ3v) is 4.33. The highest BCUT2D eigenvalue weighted by Gasteiger charge is 2.15. The number of carbonyl (C=O) groups excluding carboxylic acids is 1. The normalized spacial score (nSPS) is 11.0. The van der Waals surface area contributed by atoms with Gasteiger partial charge in [-0.3, -0.25) is 9.78 Å². The van der Waals surface area contributed by atoms with Gasteiger partial charge in [-0.1, -0.05) is 18.2 Å². The van der Waals surface area contributed by atoms with Gasteiger partial charge in [0.25, 0.3) is 5.91 Å². The van der Waals surface area contributed by atoms with Crippen molar-refractivity contribution in [2.24, 2.45) is 0 Å². The van der Waals surface area contributed by atoms with Gasteiger partial charge in [0.2, 0.25) is 0 Å². The number of nitrogens with one attached hydrogen (secondary N) is 1. The van der Waals surface area contributed by atoms with E-state index < -0.39 is 0 Å². The van der Waals surface area contributed by atoms with Crippen LogP contribution in [0.2, 0.25) is 0 Å². The molecule has 0 spiro atoms. The molecule has 0 fully saturated rings. The van der Waals surface area contributed by atoms with Crippen LogP contribution in [0.3, 0.4) is 0 Å². The van der Waals surface area contributed by atoms with Gasteiger partial charge in [0.05, 0.1) is 12.1 Å². The molecule has 3 aromatic rings. The summed E-state index contributed by atoms with van der Waals surface area (Å²) in [6.45, 7) is 2.14. The minimum Gasteiger partial charge on any atom is -0.369 e. The summed E-state index contributed by atoms with van der Waals surface area (Å²) in [6.07, 6.45) is 2.63. The van der Waals surface area contributed by atoms with E-state index in [2.05, 4.69) is 39.3 Å². The lowest BCUT2D eigenvalue weighted by Crippen LogP contribution is -2.28. The molecular weight excluding hydrogens is 352 g/mol. The number of carbonyl (C=O) groups is 1. The van der Waals surface area contributed by atoms with Crippen LogP contribution in [0.15, 0.2) is 48.7 Å². The molecule has 2 heterocycles. The second-order valence-corrected chi connectivity index (χ2v) is 6.97. The molecule has 1 N–H and O–H groups in total. The topological polar surface area (TPSA) is 74.2 Å². The maximum Gasteiger partial charge on any atom is 0.272 e. The van der Waals surface area contributed by atoms with Gasteiger partial charge in [0.15, 0.2) is 5.82 Å². The highest BCUT2D eigenvalue weighted by Crippen LogP contribution is 2.20. The van der Waals surface area contributed by atoms with Crippen molar-refractivity contribution in [3.8, 4) is 0 Å². The number of rotatable bonds is 8. The molecule has 2 aromatic heterocycles. The number of aromatic nitrogens is 3. The van der Waals surface area contributed by atoms with Gasteiger partial charge in [-0.15, -0.1) is 0 Å². The largest absolute Gasteiger partial charge is 0.369 e. The van der Waals surface area contributed by atoms with Crippen LogP contribution >= 0.6 is 0 Å². The molecule has 7 nitrogen and oxygen atoms in total. The number of benzene rings is 1. The van der Waals surface area contributed by atoms with Crippen LogP contribution in [0.25, 0.3) is 10.9 Å². The van der Waals surface area contributed by atoms with Crippen LogP contribution in [-0.4, -0.2) is 64.9 Å². The van der Waals surface area contributed by atoms with Crippen LogP contribution in [0.4, 0.5) is 5.82 Å². The molecule has 1 aromatic carbocycles. The Morgan fingerprint density at radius 3 is 2.57 bits per heavy atom. The lowest BCUT2D eigenvalue weighted by molar-refractivity contribution is 0.0776. The summed E-state index contributed by atoms with van der Waals surface area (Å²) in [5.74, 6) is 1.25. The third-order valence-electron chi connectivity index (χ3n) is 4.33. The van der Waals surface area contributed by atoms with E-state index in [-0.39, 0.29) is 5.91 Å². The summed E-state index contributed by atoms with van der Waals surface area (Å²) in [5, 5.41) is 4.41. The average molecular weight is 378 g/mol. The van der Waals surface area contributed by atoms with Crippen molar-refractivity contribution in [1.82, 2.24) is 24.8 Å². The predicted octanol–water partition coefficient (Wildman–Crippen LogP) is 2.66. The Labute approximate surface area is 165 Å². The minimum atomic E-state index is -0.155. The Hall–Kier alpha value is -3.06. The number of amides is 1. The monoisotopic (exact) mass is 378 g/mol. The Morgan fingerprint density at radius 1 is 1.04 bits per heavy atom. The fourth-order valence-electron chi connectivity index (χ4n) is 2.90.